The molecule has 136 valence electrons. The van der Waals surface area contributed by atoms with Crippen LogP contribution in [0.5, 0.6) is 0 Å². The third-order valence-corrected chi connectivity index (χ3v) is 4.43. The van der Waals surface area contributed by atoms with Crippen LogP contribution in [0.25, 0.3) is 22.5 Å². The molecule has 0 fully saturated rings. The lowest BCUT2D eigenvalue weighted by Crippen LogP contribution is -2.19. The lowest BCUT2D eigenvalue weighted by atomic mass is 10.1. The molecule has 0 saturated carbocycles. The molecule has 0 aliphatic carbocycles. The standard InChI is InChI=1S/C19H17N5O2S/c1-11-4-3-5-13(8-11)18-22-23-19(27)24(18)10-17(25)21-14-6-7-15-16(9-14)26-12(2)20-15/h3-9H,10H2,1-2H3,(H,21,25)(H,23,27). The Kier molecular flexibility index (Phi) is 4.33. The van der Waals surface area contributed by atoms with Gasteiger partial charge in [-0.2, -0.15) is 5.10 Å². The Labute approximate surface area is 160 Å². The average Bonchev–Trinajstić information content (AvgIpc) is 3.16. The molecule has 2 heterocycles. The van der Waals surface area contributed by atoms with Crippen LogP contribution < -0.4 is 5.32 Å². The summed E-state index contributed by atoms with van der Waals surface area (Å²) in [5, 5.41) is 9.90. The third kappa shape index (κ3) is 3.52. The minimum Gasteiger partial charge on any atom is -0.441 e. The summed E-state index contributed by atoms with van der Waals surface area (Å²) in [6, 6.07) is 13.2. The highest BCUT2D eigenvalue weighted by atomic mass is 32.1. The van der Waals surface area contributed by atoms with E-state index in [0.717, 1.165) is 16.6 Å². The molecule has 0 unspecified atom stereocenters. The second-order valence-corrected chi connectivity index (χ2v) is 6.66. The number of benzene rings is 2. The molecular formula is C19H17N5O2S. The van der Waals surface area contributed by atoms with Crippen LogP contribution in [-0.4, -0.2) is 25.7 Å². The zero-order chi connectivity index (χ0) is 19.0. The first kappa shape index (κ1) is 17.2. The fourth-order valence-corrected chi connectivity index (χ4v) is 3.13. The topological polar surface area (TPSA) is 88.7 Å². The molecule has 2 N–H and O–H groups in total. The quantitative estimate of drug-likeness (QED) is 0.523. The fourth-order valence-electron chi connectivity index (χ4n) is 2.93. The Morgan fingerprint density at radius 3 is 2.93 bits per heavy atom. The molecule has 0 spiro atoms. The number of oxazole rings is 1. The van der Waals surface area contributed by atoms with Gasteiger partial charge in [-0.15, -0.1) is 0 Å². The van der Waals surface area contributed by atoms with E-state index < -0.39 is 0 Å². The van der Waals surface area contributed by atoms with Crippen molar-refractivity contribution >= 4 is 34.9 Å². The van der Waals surface area contributed by atoms with E-state index in [0.29, 0.717) is 27.8 Å². The molecule has 2 aromatic carbocycles. The van der Waals surface area contributed by atoms with Gasteiger partial charge in [0.1, 0.15) is 12.1 Å². The maximum atomic E-state index is 12.6. The minimum atomic E-state index is -0.211. The van der Waals surface area contributed by atoms with Crippen LogP contribution in [0.1, 0.15) is 11.5 Å². The Hall–Kier alpha value is -3.26. The molecule has 0 saturated heterocycles. The number of H-pyrrole nitrogens is 1. The van der Waals surface area contributed by atoms with Crippen molar-refractivity contribution in [3.05, 3.63) is 58.7 Å². The smallest absolute Gasteiger partial charge is 0.244 e. The van der Waals surface area contributed by atoms with Gasteiger partial charge >= 0.3 is 0 Å². The van der Waals surface area contributed by atoms with E-state index in [1.807, 2.05) is 37.3 Å². The highest BCUT2D eigenvalue weighted by molar-refractivity contribution is 7.71. The van der Waals surface area contributed by atoms with Gasteiger partial charge in [0.05, 0.1) is 0 Å². The Morgan fingerprint density at radius 2 is 2.11 bits per heavy atom. The lowest BCUT2D eigenvalue weighted by molar-refractivity contribution is -0.116. The van der Waals surface area contributed by atoms with Crippen molar-refractivity contribution in [1.29, 1.82) is 0 Å². The van der Waals surface area contributed by atoms with Crippen LogP contribution in [0.3, 0.4) is 0 Å². The number of carbonyl (C=O) groups is 1. The normalized spacial score (nSPS) is 11.0. The molecule has 0 aliphatic rings. The number of aromatic amines is 1. The zero-order valence-corrected chi connectivity index (χ0v) is 15.6. The van der Waals surface area contributed by atoms with Crippen molar-refractivity contribution in [1.82, 2.24) is 19.7 Å². The SMILES string of the molecule is Cc1cccc(-c2n[nH]c(=S)n2CC(=O)Nc2ccc3nc(C)oc3c2)c1. The zero-order valence-electron chi connectivity index (χ0n) is 14.8. The van der Waals surface area contributed by atoms with Gasteiger partial charge in [0.15, 0.2) is 22.1 Å². The van der Waals surface area contributed by atoms with Gasteiger partial charge in [-0.1, -0.05) is 23.8 Å². The number of hydrogen-bond donors (Lipinski definition) is 2. The number of fused-ring (bicyclic) bond motifs is 1. The number of anilines is 1. The van der Waals surface area contributed by atoms with Crippen molar-refractivity contribution in [3.8, 4) is 11.4 Å². The summed E-state index contributed by atoms with van der Waals surface area (Å²) in [4.78, 5) is 16.8. The van der Waals surface area contributed by atoms with Gasteiger partial charge in [-0.3, -0.25) is 14.5 Å². The van der Waals surface area contributed by atoms with E-state index in [1.54, 1.807) is 23.6 Å². The second-order valence-electron chi connectivity index (χ2n) is 6.27. The van der Waals surface area contributed by atoms with Gasteiger partial charge in [-0.05, 0) is 37.3 Å². The summed E-state index contributed by atoms with van der Waals surface area (Å²) < 4.78 is 7.57. The van der Waals surface area contributed by atoms with Crippen molar-refractivity contribution in [2.45, 2.75) is 20.4 Å². The number of nitrogens with zero attached hydrogens (tertiary/aromatic N) is 3. The molecule has 0 atom stereocenters. The molecule has 4 aromatic rings. The molecule has 4 rings (SSSR count). The Bertz CT molecular complexity index is 1200. The molecule has 0 bridgehead atoms. The predicted octanol–water partition coefficient (Wildman–Crippen LogP) is 4.00. The van der Waals surface area contributed by atoms with Crippen LogP contribution in [-0.2, 0) is 11.3 Å². The number of rotatable bonds is 4. The minimum absolute atomic E-state index is 0.0477. The third-order valence-electron chi connectivity index (χ3n) is 4.12. The monoisotopic (exact) mass is 379 g/mol. The number of aryl methyl sites for hydroxylation is 2. The largest absolute Gasteiger partial charge is 0.441 e. The Morgan fingerprint density at radius 1 is 1.26 bits per heavy atom. The number of hydrogen-bond acceptors (Lipinski definition) is 5. The molecule has 0 aliphatic heterocycles. The van der Waals surface area contributed by atoms with Crippen LogP contribution in [0, 0.1) is 18.6 Å². The second kappa shape index (κ2) is 6.81. The first-order chi connectivity index (χ1) is 13.0. The van der Waals surface area contributed by atoms with Gasteiger partial charge in [-0.25, -0.2) is 4.98 Å². The molecule has 2 aromatic heterocycles. The van der Waals surface area contributed by atoms with E-state index in [9.17, 15) is 4.79 Å². The molecule has 7 nitrogen and oxygen atoms in total. The van der Waals surface area contributed by atoms with Crippen LogP contribution in [0.2, 0.25) is 0 Å². The van der Waals surface area contributed by atoms with E-state index in [1.165, 1.54) is 0 Å². The first-order valence-electron chi connectivity index (χ1n) is 8.39. The summed E-state index contributed by atoms with van der Waals surface area (Å²) in [6.07, 6.45) is 0. The van der Waals surface area contributed by atoms with Gasteiger partial charge < -0.3 is 9.73 Å². The summed E-state index contributed by atoms with van der Waals surface area (Å²) in [6.45, 7) is 3.83. The Balaban J connectivity index is 1.57. The lowest BCUT2D eigenvalue weighted by Gasteiger charge is -2.08. The van der Waals surface area contributed by atoms with E-state index >= 15 is 0 Å². The average molecular weight is 379 g/mol. The fraction of sp³-hybridized carbons (Fsp3) is 0.158. The van der Waals surface area contributed by atoms with Gasteiger partial charge in [0.2, 0.25) is 5.91 Å². The maximum Gasteiger partial charge on any atom is 0.244 e. The summed E-state index contributed by atoms with van der Waals surface area (Å²) in [7, 11) is 0. The molecule has 27 heavy (non-hydrogen) atoms. The number of nitrogens with one attached hydrogen (secondary N) is 2. The van der Waals surface area contributed by atoms with Crippen molar-refractivity contribution in [3.63, 3.8) is 0 Å². The van der Waals surface area contributed by atoms with Gasteiger partial charge in [0.25, 0.3) is 0 Å². The first-order valence-corrected chi connectivity index (χ1v) is 8.80. The number of carbonyl (C=O) groups excluding carboxylic acids is 1. The van der Waals surface area contributed by atoms with Crippen LogP contribution in [0.15, 0.2) is 46.9 Å². The van der Waals surface area contributed by atoms with E-state index in [4.69, 9.17) is 16.6 Å². The van der Waals surface area contributed by atoms with Crippen LogP contribution in [0.4, 0.5) is 5.69 Å². The summed E-state index contributed by atoms with van der Waals surface area (Å²) >= 11 is 5.30. The van der Waals surface area contributed by atoms with Gasteiger partial charge in [0, 0.05) is 24.2 Å². The number of amides is 1. The van der Waals surface area contributed by atoms with Crippen molar-refractivity contribution in [2.75, 3.05) is 5.32 Å². The summed E-state index contributed by atoms with van der Waals surface area (Å²) in [5.74, 6) is 0.998. The van der Waals surface area contributed by atoms with Crippen molar-refractivity contribution < 1.29 is 9.21 Å². The molecule has 0 radical (unpaired) electrons. The number of aromatic nitrogens is 4. The summed E-state index contributed by atoms with van der Waals surface area (Å²) in [5.41, 5.74) is 4.02. The predicted molar refractivity (Wildman–Crippen MR) is 105 cm³/mol. The molecule has 1 amide bonds. The molecule has 8 heteroatoms. The highest BCUT2D eigenvalue weighted by Crippen LogP contribution is 2.21. The van der Waals surface area contributed by atoms with Crippen LogP contribution >= 0.6 is 12.2 Å². The maximum absolute atomic E-state index is 12.6. The van der Waals surface area contributed by atoms with E-state index in [2.05, 4.69) is 20.5 Å². The van der Waals surface area contributed by atoms with E-state index in [-0.39, 0.29) is 12.5 Å². The van der Waals surface area contributed by atoms with Crippen molar-refractivity contribution in [2.24, 2.45) is 0 Å². The molecular weight excluding hydrogens is 362 g/mol. The highest BCUT2D eigenvalue weighted by Gasteiger charge is 2.13.